The van der Waals surface area contributed by atoms with Crippen molar-refractivity contribution in [1.29, 1.82) is 0 Å². The van der Waals surface area contributed by atoms with Crippen molar-refractivity contribution in [3.05, 3.63) is 84.1 Å². The molecule has 0 aliphatic carbocycles. The fourth-order valence-corrected chi connectivity index (χ4v) is 2.53. The Balaban J connectivity index is 1.46. The Hall–Kier alpha value is -3.47. The summed E-state index contributed by atoms with van der Waals surface area (Å²) >= 11 is 0. The van der Waals surface area contributed by atoms with Crippen molar-refractivity contribution in [3.63, 3.8) is 0 Å². The number of pyridine rings is 1. The van der Waals surface area contributed by atoms with Gasteiger partial charge in [0.2, 0.25) is 5.89 Å². The molecule has 5 heteroatoms. The summed E-state index contributed by atoms with van der Waals surface area (Å²) in [6.45, 7) is 0.461. The number of nitrogens with one attached hydrogen (secondary N) is 1. The highest BCUT2D eigenvalue weighted by molar-refractivity contribution is 5.94. The van der Waals surface area contributed by atoms with Crippen molar-refractivity contribution in [2.45, 2.75) is 6.54 Å². The van der Waals surface area contributed by atoms with Crippen molar-refractivity contribution in [3.8, 4) is 11.5 Å². The van der Waals surface area contributed by atoms with E-state index in [0.717, 1.165) is 11.1 Å². The fourth-order valence-electron chi connectivity index (χ4n) is 2.53. The van der Waals surface area contributed by atoms with Gasteiger partial charge in [-0.05, 0) is 42.0 Å². The highest BCUT2D eigenvalue weighted by Crippen LogP contribution is 2.23. The Kier molecular flexibility index (Phi) is 3.96. The maximum Gasteiger partial charge on any atom is 0.251 e. The van der Waals surface area contributed by atoms with Crippen LogP contribution in [-0.4, -0.2) is 15.9 Å². The third-order valence-electron chi connectivity index (χ3n) is 3.85. The van der Waals surface area contributed by atoms with Crippen molar-refractivity contribution >= 4 is 17.1 Å². The van der Waals surface area contributed by atoms with Crippen molar-refractivity contribution < 1.29 is 9.21 Å². The number of carbonyl (C=O) groups is 1. The lowest BCUT2D eigenvalue weighted by molar-refractivity contribution is 0.0951. The van der Waals surface area contributed by atoms with Crippen LogP contribution in [0.3, 0.4) is 0 Å². The van der Waals surface area contributed by atoms with Crippen LogP contribution in [0, 0.1) is 0 Å². The van der Waals surface area contributed by atoms with E-state index < -0.39 is 0 Å². The zero-order valence-corrected chi connectivity index (χ0v) is 13.3. The molecule has 2 aromatic carbocycles. The molecule has 0 fully saturated rings. The predicted molar refractivity (Wildman–Crippen MR) is 94.9 cm³/mol. The summed E-state index contributed by atoms with van der Waals surface area (Å²) in [5, 5.41) is 2.91. The highest BCUT2D eigenvalue weighted by atomic mass is 16.3. The van der Waals surface area contributed by atoms with Gasteiger partial charge in [0.25, 0.3) is 5.91 Å². The summed E-state index contributed by atoms with van der Waals surface area (Å²) in [5.41, 5.74) is 3.78. The van der Waals surface area contributed by atoms with E-state index in [4.69, 9.17) is 4.42 Å². The lowest BCUT2D eigenvalue weighted by Gasteiger charge is -2.06. The fraction of sp³-hybridized carbons (Fsp3) is 0.0500. The van der Waals surface area contributed by atoms with Gasteiger partial charge in [-0.1, -0.05) is 30.3 Å². The van der Waals surface area contributed by atoms with Crippen molar-refractivity contribution in [2.75, 3.05) is 0 Å². The van der Waals surface area contributed by atoms with E-state index in [9.17, 15) is 4.79 Å². The van der Waals surface area contributed by atoms with E-state index in [1.54, 1.807) is 18.3 Å². The van der Waals surface area contributed by atoms with Gasteiger partial charge in [-0.3, -0.25) is 4.79 Å². The zero-order chi connectivity index (χ0) is 17.1. The number of aromatic nitrogens is 2. The van der Waals surface area contributed by atoms with Crippen LogP contribution in [0.4, 0.5) is 0 Å². The van der Waals surface area contributed by atoms with Gasteiger partial charge in [0, 0.05) is 23.9 Å². The molecule has 4 rings (SSSR count). The van der Waals surface area contributed by atoms with Gasteiger partial charge in [-0.25, -0.2) is 4.98 Å². The first kappa shape index (κ1) is 15.1. The lowest BCUT2D eigenvalue weighted by atomic mass is 10.1. The molecule has 0 aliphatic heterocycles. The smallest absolute Gasteiger partial charge is 0.251 e. The van der Waals surface area contributed by atoms with E-state index in [-0.39, 0.29) is 5.91 Å². The molecule has 0 atom stereocenters. The molecule has 0 bridgehead atoms. The minimum absolute atomic E-state index is 0.0882. The number of hydrogen-bond acceptors (Lipinski definition) is 4. The zero-order valence-electron chi connectivity index (χ0n) is 13.3. The van der Waals surface area contributed by atoms with E-state index in [2.05, 4.69) is 15.3 Å². The molecule has 0 unspecified atom stereocenters. The molecule has 1 amide bonds. The number of benzene rings is 2. The number of amides is 1. The van der Waals surface area contributed by atoms with Crippen molar-refractivity contribution in [2.24, 2.45) is 0 Å². The minimum atomic E-state index is -0.0882. The minimum Gasteiger partial charge on any atom is -0.434 e. The summed E-state index contributed by atoms with van der Waals surface area (Å²) in [6, 6.07) is 20.6. The second kappa shape index (κ2) is 6.57. The quantitative estimate of drug-likeness (QED) is 0.618. The first-order chi connectivity index (χ1) is 12.3. The molecule has 0 saturated heterocycles. The van der Waals surface area contributed by atoms with E-state index >= 15 is 0 Å². The van der Waals surface area contributed by atoms with E-state index in [0.29, 0.717) is 29.2 Å². The summed E-state index contributed by atoms with van der Waals surface area (Å²) < 4.78 is 5.71. The summed E-state index contributed by atoms with van der Waals surface area (Å²) in [4.78, 5) is 20.6. The van der Waals surface area contributed by atoms with Crippen LogP contribution in [0.5, 0.6) is 0 Å². The van der Waals surface area contributed by atoms with Crippen molar-refractivity contribution in [1.82, 2.24) is 15.3 Å². The Bertz CT molecular complexity index is 975. The van der Waals surface area contributed by atoms with Crippen LogP contribution in [0.15, 0.2) is 77.3 Å². The van der Waals surface area contributed by atoms with Crippen LogP contribution < -0.4 is 5.32 Å². The number of oxazole rings is 1. The van der Waals surface area contributed by atoms with Gasteiger partial charge in [0.1, 0.15) is 0 Å². The van der Waals surface area contributed by atoms with Gasteiger partial charge in [0.05, 0.1) is 0 Å². The van der Waals surface area contributed by atoms with Crippen LogP contribution in [-0.2, 0) is 6.54 Å². The molecule has 0 aliphatic rings. The Morgan fingerprint density at radius 1 is 0.960 bits per heavy atom. The topological polar surface area (TPSA) is 68.0 Å². The Labute approximate surface area is 144 Å². The van der Waals surface area contributed by atoms with Gasteiger partial charge >= 0.3 is 0 Å². The van der Waals surface area contributed by atoms with Gasteiger partial charge < -0.3 is 9.73 Å². The third-order valence-corrected chi connectivity index (χ3v) is 3.85. The normalized spacial score (nSPS) is 10.7. The molecule has 5 nitrogen and oxygen atoms in total. The average Bonchev–Trinajstić information content (AvgIpc) is 3.11. The Morgan fingerprint density at radius 3 is 2.52 bits per heavy atom. The first-order valence-corrected chi connectivity index (χ1v) is 7.94. The maximum atomic E-state index is 12.1. The monoisotopic (exact) mass is 329 g/mol. The first-order valence-electron chi connectivity index (χ1n) is 7.94. The number of carbonyl (C=O) groups excluding carboxylic acids is 1. The lowest BCUT2D eigenvalue weighted by Crippen LogP contribution is -2.22. The van der Waals surface area contributed by atoms with Gasteiger partial charge in [-0.2, -0.15) is 4.98 Å². The van der Waals surface area contributed by atoms with E-state index in [1.807, 2.05) is 54.6 Å². The molecular weight excluding hydrogens is 314 g/mol. The predicted octanol–water partition coefficient (Wildman–Crippen LogP) is 3.82. The van der Waals surface area contributed by atoms with E-state index in [1.165, 1.54) is 0 Å². The van der Waals surface area contributed by atoms with Crippen LogP contribution in [0.1, 0.15) is 15.9 Å². The highest BCUT2D eigenvalue weighted by Gasteiger charge is 2.09. The molecule has 1 N–H and O–H groups in total. The Morgan fingerprint density at radius 2 is 1.76 bits per heavy atom. The molecule has 0 saturated carbocycles. The number of hydrogen-bond donors (Lipinski definition) is 1. The maximum absolute atomic E-state index is 12.1. The van der Waals surface area contributed by atoms with Crippen LogP contribution >= 0.6 is 0 Å². The molecule has 122 valence electrons. The molecule has 2 heterocycles. The second-order valence-electron chi connectivity index (χ2n) is 5.59. The van der Waals surface area contributed by atoms with Gasteiger partial charge in [-0.15, -0.1) is 0 Å². The molecule has 4 aromatic rings. The number of nitrogens with zero attached hydrogens (tertiary/aromatic N) is 2. The largest absolute Gasteiger partial charge is 0.434 e. The third kappa shape index (κ3) is 3.26. The molecule has 25 heavy (non-hydrogen) atoms. The summed E-state index contributed by atoms with van der Waals surface area (Å²) in [7, 11) is 0. The molecule has 0 radical (unpaired) electrons. The molecule has 2 aromatic heterocycles. The summed E-state index contributed by atoms with van der Waals surface area (Å²) in [5.74, 6) is 0.447. The molecule has 0 spiro atoms. The standard InChI is InChI=1S/C20H15N3O2/c24-19(15-5-2-1-3-6-15)22-13-14-8-10-16(11-9-14)20-23-18-17(25-20)7-4-12-21-18/h1-12H,13H2,(H,22,24). The number of rotatable bonds is 4. The van der Waals surface area contributed by atoms with Gasteiger partial charge in [0.15, 0.2) is 11.2 Å². The summed E-state index contributed by atoms with van der Waals surface area (Å²) in [6.07, 6.45) is 1.69. The van der Waals surface area contributed by atoms with Crippen LogP contribution in [0.2, 0.25) is 0 Å². The SMILES string of the molecule is O=C(NCc1ccc(-c2nc3ncccc3o2)cc1)c1ccccc1. The average molecular weight is 329 g/mol. The van der Waals surface area contributed by atoms with Crippen LogP contribution in [0.25, 0.3) is 22.7 Å². The number of fused-ring (bicyclic) bond motifs is 1. The molecular formula is C20H15N3O2. The second-order valence-corrected chi connectivity index (χ2v) is 5.59.